The van der Waals surface area contributed by atoms with E-state index < -0.39 is 40.3 Å². The molecule has 1 aromatic rings. The highest BCUT2D eigenvalue weighted by Crippen LogP contribution is 2.47. The summed E-state index contributed by atoms with van der Waals surface area (Å²) in [6, 6.07) is 4.74. The maximum Gasteiger partial charge on any atom is 0.460 e. The van der Waals surface area contributed by atoms with E-state index in [-0.39, 0.29) is 18.2 Å². The summed E-state index contributed by atoms with van der Waals surface area (Å²) in [4.78, 5) is 32.7. The summed E-state index contributed by atoms with van der Waals surface area (Å²) in [6.07, 6.45) is -7.22. The van der Waals surface area contributed by atoms with Gasteiger partial charge in [-0.3, -0.25) is 25.1 Å². The van der Waals surface area contributed by atoms with Gasteiger partial charge >= 0.3 is 18.0 Å². The number of nitro groups is 1. The van der Waals surface area contributed by atoms with E-state index in [9.17, 15) is 50.4 Å². The standard InChI is InChI=1S/C15H12F7N3O4/c1-8(6-11(26)13(16,17)14(18,19)15(20,21)22)23-24-12(27)7-9-2-4-10(5-3-9)25(28)29/h2-6,23H,7H2,1H3,(H,24,27)/b8-6+. The van der Waals surface area contributed by atoms with Crippen LogP contribution in [0.25, 0.3) is 0 Å². The van der Waals surface area contributed by atoms with Gasteiger partial charge in [-0.15, -0.1) is 0 Å². The summed E-state index contributed by atoms with van der Waals surface area (Å²) in [5.74, 6) is -16.3. The molecule has 0 saturated heterocycles. The van der Waals surface area contributed by atoms with Crippen molar-refractivity contribution < 1.29 is 45.2 Å². The fourth-order valence-corrected chi connectivity index (χ4v) is 1.79. The summed E-state index contributed by atoms with van der Waals surface area (Å²) in [5, 5.41) is 10.5. The summed E-state index contributed by atoms with van der Waals surface area (Å²) < 4.78 is 88.1. The Balaban J connectivity index is 2.72. The number of nitrogens with one attached hydrogen (secondary N) is 2. The summed E-state index contributed by atoms with van der Waals surface area (Å²) in [7, 11) is 0. The average molecular weight is 431 g/mol. The molecule has 1 amide bonds. The first-order valence-corrected chi connectivity index (χ1v) is 7.43. The van der Waals surface area contributed by atoms with Gasteiger partial charge in [0.1, 0.15) is 0 Å². The normalized spacial score (nSPS) is 13.0. The molecule has 1 rings (SSSR count). The molecular weight excluding hydrogens is 419 g/mol. The number of allylic oxidation sites excluding steroid dienone is 2. The van der Waals surface area contributed by atoms with Crippen LogP contribution in [0, 0.1) is 10.1 Å². The molecule has 0 spiro atoms. The third kappa shape index (κ3) is 5.65. The van der Waals surface area contributed by atoms with Crippen LogP contribution in [-0.4, -0.2) is 34.6 Å². The molecule has 0 fully saturated rings. The molecule has 1 aromatic carbocycles. The molecule has 0 unspecified atom stereocenters. The highest BCUT2D eigenvalue weighted by molar-refractivity contribution is 5.97. The Labute approximate surface area is 157 Å². The Morgan fingerprint density at radius 1 is 1.03 bits per heavy atom. The number of amides is 1. The molecular formula is C15H12F7N3O4. The van der Waals surface area contributed by atoms with Crippen LogP contribution in [0.3, 0.4) is 0 Å². The fraction of sp³-hybridized carbons (Fsp3) is 0.333. The van der Waals surface area contributed by atoms with Crippen molar-refractivity contribution in [3.05, 3.63) is 51.7 Å². The SMILES string of the molecule is C/C(=C\C(=O)C(F)(F)C(F)(F)C(F)(F)F)NNC(=O)Cc1ccc([N+](=O)[O-])cc1. The average Bonchev–Trinajstić information content (AvgIpc) is 2.59. The molecule has 14 heteroatoms. The maximum atomic E-state index is 13.2. The van der Waals surface area contributed by atoms with Gasteiger partial charge < -0.3 is 5.43 Å². The number of halogens is 7. The number of carbonyl (C=O) groups excluding carboxylic acids is 2. The van der Waals surface area contributed by atoms with Crippen molar-refractivity contribution in [2.24, 2.45) is 0 Å². The van der Waals surface area contributed by atoms with Crippen LogP contribution >= 0.6 is 0 Å². The van der Waals surface area contributed by atoms with Gasteiger partial charge in [-0.25, -0.2) is 0 Å². The zero-order valence-corrected chi connectivity index (χ0v) is 14.3. The van der Waals surface area contributed by atoms with E-state index in [1.54, 1.807) is 0 Å². The largest absolute Gasteiger partial charge is 0.460 e. The Bertz CT molecular complexity index is 820. The van der Waals surface area contributed by atoms with Gasteiger partial charge in [0.05, 0.1) is 11.3 Å². The lowest BCUT2D eigenvalue weighted by molar-refractivity contribution is -0.384. The van der Waals surface area contributed by atoms with Crippen molar-refractivity contribution in [3.8, 4) is 0 Å². The van der Waals surface area contributed by atoms with Crippen LogP contribution in [0.5, 0.6) is 0 Å². The molecule has 0 aliphatic carbocycles. The van der Waals surface area contributed by atoms with E-state index in [1.807, 2.05) is 10.9 Å². The highest BCUT2D eigenvalue weighted by Gasteiger charge is 2.75. The van der Waals surface area contributed by atoms with Gasteiger partial charge in [-0.2, -0.15) is 30.7 Å². The molecule has 29 heavy (non-hydrogen) atoms. The van der Waals surface area contributed by atoms with Crippen molar-refractivity contribution in [1.29, 1.82) is 0 Å². The fourth-order valence-electron chi connectivity index (χ4n) is 1.79. The third-order valence-corrected chi connectivity index (χ3v) is 3.32. The van der Waals surface area contributed by atoms with E-state index in [0.29, 0.717) is 5.56 Å². The Hall–Kier alpha value is -3.19. The number of hydrazine groups is 1. The van der Waals surface area contributed by atoms with E-state index in [4.69, 9.17) is 0 Å². The van der Waals surface area contributed by atoms with Crippen LogP contribution in [-0.2, 0) is 16.0 Å². The van der Waals surface area contributed by atoms with Crippen molar-refractivity contribution in [3.63, 3.8) is 0 Å². The molecule has 0 atom stereocenters. The Morgan fingerprint density at radius 3 is 2.00 bits per heavy atom. The number of non-ortho nitro benzene ring substituents is 1. The highest BCUT2D eigenvalue weighted by atomic mass is 19.4. The second-order valence-corrected chi connectivity index (χ2v) is 5.61. The van der Waals surface area contributed by atoms with Crippen LogP contribution < -0.4 is 10.9 Å². The van der Waals surface area contributed by atoms with E-state index in [0.717, 1.165) is 19.1 Å². The number of nitro benzene ring substituents is 1. The molecule has 2 N–H and O–H groups in total. The van der Waals surface area contributed by atoms with E-state index in [1.165, 1.54) is 12.1 Å². The zero-order chi connectivity index (χ0) is 22.6. The molecule has 0 aliphatic heterocycles. The number of alkyl halides is 7. The monoisotopic (exact) mass is 431 g/mol. The van der Waals surface area contributed by atoms with Crippen molar-refractivity contribution in [2.75, 3.05) is 0 Å². The van der Waals surface area contributed by atoms with Crippen LogP contribution in [0.15, 0.2) is 36.0 Å². The number of carbonyl (C=O) groups is 2. The molecule has 0 aromatic heterocycles. The second kappa shape index (κ2) is 8.45. The molecule has 0 aliphatic rings. The smallest absolute Gasteiger partial charge is 0.303 e. The van der Waals surface area contributed by atoms with E-state index in [2.05, 4.69) is 0 Å². The molecule has 0 bridgehead atoms. The minimum absolute atomic E-state index is 0.216. The topological polar surface area (TPSA) is 101 Å². The number of ketones is 1. The minimum Gasteiger partial charge on any atom is -0.303 e. The predicted molar refractivity (Wildman–Crippen MR) is 82.8 cm³/mol. The van der Waals surface area contributed by atoms with Gasteiger partial charge in [0.15, 0.2) is 0 Å². The molecule has 0 saturated carbocycles. The summed E-state index contributed by atoms with van der Waals surface area (Å²) >= 11 is 0. The lowest BCUT2D eigenvalue weighted by atomic mass is 10.1. The molecule has 0 radical (unpaired) electrons. The van der Waals surface area contributed by atoms with Crippen LogP contribution in [0.4, 0.5) is 36.4 Å². The van der Waals surface area contributed by atoms with Gasteiger partial charge in [-0.1, -0.05) is 12.1 Å². The number of benzene rings is 1. The van der Waals surface area contributed by atoms with Gasteiger partial charge in [0.2, 0.25) is 11.7 Å². The zero-order valence-electron chi connectivity index (χ0n) is 14.3. The Kier molecular flexibility index (Phi) is 6.95. The van der Waals surface area contributed by atoms with Gasteiger partial charge in [-0.05, 0) is 12.5 Å². The van der Waals surface area contributed by atoms with Crippen LogP contribution in [0.1, 0.15) is 12.5 Å². The lowest BCUT2D eigenvalue weighted by Crippen LogP contribution is -2.55. The van der Waals surface area contributed by atoms with Crippen molar-refractivity contribution in [1.82, 2.24) is 10.9 Å². The number of rotatable bonds is 8. The lowest BCUT2D eigenvalue weighted by Gasteiger charge is -2.26. The van der Waals surface area contributed by atoms with Crippen LogP contribution in [0.2, 0.25) is 0 Å². The van der Waals surface area contributed by atoms with Crippen molar-refractivity contribution >= 4 is 17.4 Å². The second-order valence-electron chi connectivity index (χ2n) is 5.61. The number of hydrogen-bond acceptors (Lipinski definition) is 5. The molecule has 160 valence electrons. The molecule has 0 heterocycles. The first-order chi connectivity index (χ1) is 13.1. The summed E-state index contributed by atoms with van der Waals surface area (Å²) in [5.41, 5.74) is 3.22. The van der Waals surface area contributed by atoms with Gasteiger partial charge in [0.25, 0.3) is 5.69 Å². The molecule has 7 nitrogen and oxygen atoms in total. The summed E-state index contributed by atoms with van der Waals surface area (Å²) in [6.45, 7) is 0.853. The maximum absolute atomic E-state index is 13.2. The van der Waals surface area contributed by atoms with Gasteiger partial charge in [0, 0.05) is 23.9 Å². The minimum atomic E-state index is -6.65. The number of hydrogen-bond donors (Lipinski definition) is 2. The number of nitrogens with zero attached hydrogens (tertiary/aromatic N) is 1. The Morgan fingerprint density at radius 2 is 1.55 bits per heavy atom. The first kappa shape index (κ1) is 23.8. The van der Waals surface area contributed by atoms with E-state index >= 15 is 0 Å². The quantitative estimate of drug-likeness (QED) is 0.285. The van der Waals surface area contributed by atoms with Crippen molar-refractivity contribution in [2.45, 2.75) is 31.4 Å². The third-order valence-electron chi connectivity index (χ3n) is 3.32. The predicted octanol–water partition coefficient (Wildman–Crippen LogP) is 3.06. The first-order valence-electron chi connectivity index (χ1n) is 7.43.